The average molecular weight is 295 g/mol. The van der Waals surface area contributed by atoms with Gasteiger partial charge in [-0.2, -0.15) is 0 Å². The highest BCUT2D eigenvalue weighted by atomic mass is 32.2. The van der Waals surface area contributed by atoms with E-state index in [9.17, 15) is 9.18 Å². The summed E-state index contributed by atoms with van der Waals surface area (Å²) in [4.78, 5) is 16.5. The molecule has 0 spiro atoms. The second kappa shape index (κ2) is 5.26. The first-order valence-corrected chi connectivity index (χ1v) is 7.81. The number of fused-ring (bicyclic) bond motifs is 1. The summed E-state index contributed by atoms with van der Waals surface area (Å²) in [6.45, 7) is 1.79. The molecule has 1 atom stereocenters. The van der Waals surface area contributed by atoms with Crippen LogP contribution in [0.2, 0.25) is 0 Å². The van der Waals surface area contributed by atoms with Crippen molar-refractivity contribution in [2.24, 2.45) is 5.73 Å². The van der Waals surface area contributed by atoms with Crippen LogP contribution in [0.15, 0.2) is 17.0 Å². The molecular formula is C14H18FN3OS. The van der Waals surface area contributed by atoms with Gasteiger partial charge in [-0.3, -0.25) is 4.79 Å². The number of carbonyl (C=O) groups excluding carboxylic acids is 1. The molecule has 0 unspecified atom stereocenters. The monoisotopic (exact) mass is 295 g/mol. The SMILES string of the molecule is CN1C(=O)[C@@H](N)CSc2cc(N3CCCC3)c(F)cc21. The zero-order chi connectivity index (χ0) is 14.3. The summed E-state index contributed by atoms with van der Waals surface area (Å²) in [6.07, 6.45) is 2.21. The van der Waals surface area contributed by atoms with Crippen LogP contribution in [0, 0.1) is 5.82 Å². The molecule has 20 heavy (non-hydrogen) atoms. The number of benzene rings is 1. The van der Waals surface area contributed by atoms with E-state index in [1.54, 1.807) is 7.05 Å². The molecule has 0 aromatic heterocycles. The highest BCUT2D eigenvalue weighted by Gasteiger charge is 2.28. The van der Waals surface area contributed by atoms with Crippen molar-refractivity contribution < 1.29 is 9.18 Å². The van der Waals surface area contributed by atoms with Crippen molar-refractivity contribution in [2.75, 3.05) is 35.7 Å². The molecule has 2 heterocycles. The standard InChI is InChI=1S/C14H18FN3OS/c1-17-12-6-9(15)11(18-4-2-3-5-18)7-13(12)20-8-10(16)14(17)19/h6-7,10H,2-5,8,16H2,1H3/t10-/m0/s1. The van der Waals surface area contributed by atoms with Gasteiger partial charge in [-0.25, -0.2) is 4.39 Å². The average Bonchev–Trinajstić information content (AvgIpc) is 2.94. The summed E-state index contributed by atoms with van der Waals surface area (Å²) in [5, 5.41) is 0. The number of carbonyl (C=O) groups is 1. The minimum atomic E-state index is -0.532. The Hall–Kier alpha value is -1.27. The van der Waals surface area contributed by atoms with Gasteiger partial charge in [-0.1, -0.05) is 0 Å². The van der Waals surface area contributed by atoms with E-state index in [-0.39, 0.29) is 11.7 Å². The molecule has 1 amide bonds. The van der Waals surface area contributed by atoms with Crippen LogP contribution >= 0.6 is 11.8 Å². The lowest BCUT2D eigenvalue weighted by Crippen LogP contribution is -2.42. The van der Waals surface area contributed by atoms with Crippen molar-refractivity contribution in [1.82, 2.24) is 0 Å². The van der Waals surface area contributed by atoms with E-state index in [0.717, 1.165) is 30.8 Å². The third-order valence-corrected chi connectivity index (χ3v) is 5.07. The van der Waals surface area contributed by atoms with Gasteiger partial charge in [0.15, 0.2) is 0 Å². The number of hydrogen-bond acceptors (Lipinski definition) is 4. The molecular weight excluding hydrogens is 277 g/mol. The minimum Gasteiger partial charge on any atom is -0.369 e. The van der Waals surface area contributed by atoms with E-state index < -0.39 is 6.04 Å². The number of rotatable bonds is 1. The van der Waals surface area contributed by atoms with Crippen LogP contribution in [0.5, 0.6) is 0 Å². The van der Waals surface area contributed by atoms with Crippen molar-refractivity contribution in [3.05, 3.63) is 17.9 Å². The highest BCUT2D eigenvalue weighted by molar-refractivity contribution is 7.99. The van der Waals surface area contributed by atoms with Gasteiger partial charge in [-0.05, 0) is 18.9 Å². The number of halogens is 1. The number of likely N-dealkylation sites (N-methyl/N-ethyl adjacent to an activating group) is 1. The molecule has 0 bridgehead atoms. The summed E-state index contributed by atoms with van der Waals surface area (Å²) in [6, 6.07) is 2.80. The van der Waals surface area contributed by atoms with Crippen molar-refractivity contribution in [3.8, 4) is 0 Å². The van der Waals surface area contributed by atoms with E-state index in [4.69, 9.17) is 5.73 Å². The molecule has 6 heteroatoms. The van der Waals surface area contributed by atoms with Gasteiger partial charge >= 0.3 is 0 Å². The molecule has 1 fully saturated rings. The van der Waals surface area contributed by atoms with Crippen LogP contribution in [0.3, 0.4) is 0 Å². The highest BCUT2D eigenvalue weighted by Crippen LogP contribution is 2.38. The molecule has 1 aromatic carbocycles. The lowest BCUT2D eigenvalue weighted by Gasteiger charge is -2.23. The number of amides is 1. The summed E-state index contributed by atoms with van der Waals surface area (Å²) < 4.78 is 14.3. The zero-order valence-corrected chi connectivity index (χ0v) is 12.3. The predicted octanol–water partition coefficient (Wildman–Crippen LogP) is 1.82. The van der Waals surface area contributed by atoms with Gasteiger partial charge in [0.1, 0.15) is 5.82 Å². The van der Waals surface area contributed by atoms with Crippen LogP contribution in [-0.4, -0.2) is 37.8 Å². The quantitative estimate of drug-likeness (QED) is 0.858. The van der Waals surface area contributed by atoms with Gasteiger partial charge in [-0.15, -0.1) is 11.8 Å². The first-order valence-electron chi connectivity index (χ1n) is 6.82. The fraction of sp³-hybridized carbons (Fsp3) is 0.500. The van der Waals surface area contributed by atoms with Crippen LogP contribution in [0.25, 0.3) is 0 Å². The summed E-state index contributed by atoms with van der Waals surface area (Å²) in [5.41, 5.74) is 7.09. The Bertz CT molecular complexity index is 545. The van der Waals surface area contributed by atoms with Crippen molar-refractivity contribution in [1.29, 1.82) is 0 Å². The molecule has 0 aliphatic carbocycles. The fourth-order valence-corrected chi connectivity index (χ4v) is 3.77. The van der Waals surface area contributed by atoms with Crippen molar-refractivity contribution in [3.63, 3.8) is 0 Å². The topological polar surface area (TPSA) is 49.6 Å². The van der Waals surface area contributed by atoms with Gasteiger partial charge in [0.25, 0.3) is 0 Å². The first-order chi connectivity index (χ1) is 9.58. The maximum atomic E-state index is 14.3. The molecule has 0 saturated carbocycles. The number of nitrogens with two attached hydrogens (primary N) is 1. The zero-order valence-electron chi connectivity index (χ0n) is 11.4. The predicted molar refractivity (Wildman–Crippen MR) is 80.0 cm³/mol. The Morgan fingerprint density at radius 3 is 2.70 bits per heavy atom. The van der Waals surface area contributed by atoms with Crippen LogP contribution < -0.4 is 15.5 Å². The Morgan fingerprint density at radius 2 is 2.00 bits per heavy atom. The number of anilines is 2. The number of hydrogen-bond donors (Lipinski definition) is 1. The second-order valence-electron chi connectivity index (χ2n) is 5.28. The molecule has 108 valence electrons. The molecule has 2 N–H and O–H groups in total. The Kier molecular flexibility index (Phi) is 3.60. The molecule has 2 aliphatic rings. The van der Waals surface area contributed by atoms with E-state index >= 15 is 0 Å². The second-order valence-corrected chi connectivity index (χ2v) is 6.34. The summed E-state index contributed by atoms with van der Waals surface area (Å²) in [5.74, 6) is 0.104. The van der Waals surface area contributed by atoms with Crippen LogP contribution in [0.1, 0.15) is 12.8 Å². The maximum Gasteiger partial charge on any atom is 0.244 e. The lowest BCUT2D eigenvalue weighted by molar-refractivity contribution is -0.119. The fourth-order valence-electron chi connectivity index (χ4n) is 2.73. The maximum absolute atomic E-state index is 14.3. The Balaban J connectivity index is 2.02. The van der Waals surface area contributed by atoms with E-state index in [2.05, 4.69) is 4.90 Å². The number of thioether (sulfide) groups is 1. The van der Waals surface area contributed by atoms with E-state index in [1.165, 1.54) is 22.7 Å². The molecule has 3 rings (SSSR count). The summed E-state index contributed by atoms with van der Waals surface area (Å²) in [7, 11) is 1.65. The van der Waals surface area contributed by atoms with Gasteiger partial charge < -0.3 is 15.5 Å². The van der Waals surface area contributed by atoms with Crippen LogP contribution in [-0.2, 0) is 4.79 Å². The molecule has 1 saturated heterocycles. The minimum absolute atomic E-state index is 0.162. The molecule has 0 radical (unpaired) electrons. The third-order valence-electron chi connectivity index (χ3n) is 3.90. The van der Waals surface area contributed by atoms with Gasteiger partial charge in [0.05, 0.1) is 17.4 Å². The Morgan fingerprint density at radius 1 is 1.30 bits per heavy atom. The van der Waals surface area contributed by atoms with Gasteiger partial charge in [0.2, 0.25) is 5.91 Å². The number of nitrogens with zero attached hydrogens (tertiary/aromatic N) is 2. The Labute approximate surface area is 122 Å². The van der Waals surface area contributed by atoms with Gasteiger partial charge in [0, 0.05) is 36.9 Å². The van der Waals surface area contributed by atoms with E-state index in [1.807, 2.05) is 6.07 Å². The lowest BCUT2D eigenvalue weighted by atomic mass is 10.2. The van der Waals surface area contributed by atoms with Crippen LogP contribution in [0.4, 0.5) is 15.8 Å². The summed E-state index contributed by atoms with van der Waals surface area (Å²) >= 11 is 1.53. The first kappa shape index (κ1) is 13.7. The normalized spacial score (nSPS) is 22.9. The van der Waals surface area contributed by atoms with E-state index in [0.29, 0.717) is 17.1 Å². The van der Waals surface area contributed by atoms with Crippen molar-refractivity contribution in [2.45, 2.75) is 23.8 Å². The molecule has 2 aliphatic heterocycles. The van der Waals surface area contributed by atoms with Crippen molar-refractivity contribution >= 4 is 29.0 Å². The largest absolute Gasteiger partial charge is 0.369 e. The third kappa shape index (κ3) is 2.27. The molecule has 4 nitrogen and oxygen atoms in total. The smallest absolute Gasteiger partial charge is 0.244 e. The molecule has 1 aromatic rings.